The summed E-state index contributed by atoms with van der Waals surface area (Å²) in [4.78, 5) is 15.1. The van der Waals surface area contributed by atoms with Crippen LogP contribution in [0.15, 0.2) is 18.5 Å². The van der Waals surface area contributed by atoms with Crippen LogP contribution in [0, 0.1) is 5.82 Å². The van der Waals surface area contributed by atoms with Gasteiger partial charge >= 0.3 is 0 Å². The number of halogens is 1. The van der Waals surface area contributed by atoms with E-state index in [4.69, 9.17) is 5.73 Å². The molecule has 1 aromatic heterocycles. The van der Waals surface area contributed by atoms with Crippen molar-refractivity contribution >= 4 is 5.91 Å². The Kier molecular flexibility index (Phi) is 4.17. The number of hydrogen-bond acceptors (Lipinski definition) is 3. The monoisotopic (exact) mass is 211 g/mol. The molecule has 0 saturated carbocycles. The van der Waals surface area contributed by atoms with Gasteiger partial charge < -0.3 is 11.1 Å². The van der Waals surface area contributed by atoms with Crippen LogP contribution < -0.4 is 11.1 Å². The highest BCUT2D eigenvalue weighted by atomic mass is 19.1. The molecule has 1 rings (SSSR count). The highest BCUT2D eigenvalue weighted by Crippen LogP contribution is 2.01. The highest BCUT2D eigenvalue weighted by molar-refractivity contribution is 5.93. The van der Waals surface area contributed by atoms with E-state index in [1.165, 1.54) is 6.20 Å². The largest absolute Gasteiger partial charge is 0.349 e. The molecule has 0 saturated heterocycles. The van der Waals surface area contributed by atoms with Gasteiger partial charge in [-0.15, -0.1) is 0 Å². The molecule has 1 atom stereocenters. The molecule has 1 unspecified atom stereocenters. The molecule has 5 heteroatoms. The molecule has 3 N–H and O–H groups in total. The number of carbonyl (C=O) groups is 1. The van der Waals surface area contributed by atoms with Gasteiger partial charge in [0.15, 0.2) is 0 Å². The fourth-order valence-corrected chi connectivity index (χ4v) is 1.17. The molecule has 0 aliphatic rings. The molecule has 0 spiro atoms. The Morgan fingerprint density at radius 3 is 3.00 bits per heavy atom. The van der Waals surface area contributed by atoms with Crippen LogP contribution in [0.1, 0.15) is 23.7 Å². The van der Waals surface area contributed by atoms with Crippen molar-refractivity contribution in [2.45, 2.75) is 19.4 Å². The van der Waals surface area contributed by atoms with Crippen LogP contribution in [0.4, 0.5) is 4.39 Å². The molecule has 4 nitrogen and oxygen atoms in total. The van der Waals surface area contributed by atoms with E-state index in [1.54, 1.807) is 0 Å². The van der Waals surface area contributed by atoms with Crippen molar-refractivity contribution in [3.05, 3.63) is 29.8 Å². The molecule has 0 fully saturated rings. The molecule has 1 amide bonds. The first-order chi connectivity index (χ1) is 7.13. The Morgan fingerprint density at radius 1 is 1.67 bits per heavy atom. The maximum Gasteiger partial charge on any atom is 0.253 e. The van der Waals surface area contributed by atoms with Crippen molar-refractivity contribution in [2.75, 3.05) is 6.54 Å². The normalized spacial score (nSPS) is 12.2. The Balaban J connectivity index is 2.61. The minimum absolute atomic E-state index is 0.0224. The lowest BCUT2D eigenvalue weighted by Gasteiger charge is -2.12. The number of aromatic nitrogens is 1. The number of hydrogen-bond donors (Lipinski definition) is 2. The first-order valence-electron chi connectivity index (χ1n) is 4.75. The minimum atomic E-state index is -0.519. The quantitative estimate of drug-likeness (QED) is 0.769. The lowest BCUT2D eigenvalue weighted by atomic mass is 10.2. The highest BCUT2D eigenvalue weighted by Gasteiger charge is 2.09. The summed E-state index contributed by atoms with van der Waals surface area (Å²) in [5.41, 5.74) is 5.57. The second-order valence-corrected chi connectivity index (χ2v) is 3.34. The zero-order valence-electron chi connectivity index (χ0n) is 8.53. The van der Waals surface area contributed by atoms with Crippen molar-refractivity contribution < 1.29 is 9.18 Å². The molecule has 0 aromatic carbocycles. The van der Waals surface area contributed by atoms with E-state index >= 15 is 0 Å². The molecule has 0 radical (unpaired) electrons. The predicted molar refractivity (Wildman–Crippen MR) is 54.8 cm³/mol. The van der Waals surface area contributed by atoms with E-state index < -0.39 is 5.82 Å². The van der Waals surface area contributed by atoms with E-state index in [9.17, 15) is 9.18 Å². The van der Waals surface area contributed by atoms with E-state index in [0.717, 1.165) is 12.3 Å². The maximum absolute atomic E-state index is 12.8. The topological polar surface area (TPSA) is 68.0 Å². The summed E-state index contributed by atoms with van der Waals surface area (Å²) in [6.45, 7) is 2.35. The van der Waals surface area contributed by atoms with Crippen molar-refractivity contribution in [2.24, 2.45) is 5.73 Å². The molecular formula is C10H14FN3O. The van der Waals surface area contributed by atoms with Gasteiger partial charge in [0.2, 0.25) is 0 Å². The van der Waals surface area contributed by atoms with Crippen molar-refractivity contribution in [3.8, 4) is 0 Å². The van der Waals surface area contributed by atoms with Crippen LogP contribution in [0.2, 0.25) is 0 Å². The molecule has 82 valence electrons. The van der Waals surface area contributed by atoms with E-state index in [1.807, 2.05) is 6.92 Å². The third-order valence-corrected chi connectivity index (χ3v) is 1.94. The minimum Gasteiger partial charge on any atom is -0.349 e. The number of nitrogens with one attached hydrogen (secondary N) is 1. The van der Waals surface area contributed by atoms with Gasteiger partial charge in [0.1, 0.15) is 5.82 Å². The Labute approximate surface area is 87.7 Å². The molecule has 0 bridgehead atoms. The van der Waals surface area contributed by atoms with Gasteiger partial charge in [-0.2, -0.15) is 0 Å². The number of rotatable bonds is 4. The fourth-order valence-electron chi connectivity index (χ4n) is 1.17. The Bertz CT molecular complexity index is 343. The average molecular weight is 211 g/mol. The van der Waals surface area contributed by atoms with Gasteiger partial charge in [-0.3, -0.25) is 9.78 Å². The predicted octanol–water partition coefficient (Wildman–Crippen LogP) is 0.688. The SMILES string of the molecule is CC(CCN)NC(=O)c1cncc(F)c1. The molecule has 1 aromatic rings. The third kappa shape index (κ3) is 3.63. The Morgan fingerprint density at radius 2 is 2.40 bits per heavy atom. The molecule has 0 aliphatic carbocycles. The molecule has 0 aliphatic heterocycles. The summed E-state index contributed by atoms with van der Waals surface area (Å²) in [6, 6.07) is 1.13. The zero-order chi connectivity index (χ0) is 11.3. The summed E-state index contributed by atoms with van der Waals surface area (Å²) in [6.07, 6.45) is 3.07. The maximum atomic E-state index is 12.8. The fraction of sp³-hybridized carbons (Fsp3) is 0.400. The number of nitrogens with two attached hydrogens (primary N) is 1. The number of amides is 1. The van der Waals surface area contributed by atoms with Crippen LogP contribution in [0.25, 0.3) is 0 Å². The molecule has 15 heavy (non-hydrogen) atoms. The number of carbonyl (C=O) groups excluding carboxylic acids is 1. The van der Waals surface area contributed by atoms with Gasteiger partial charge in [0.25, 0.3) is 5.91 Å². The van der Waals surface area contributed by atoms with Crippen molar-refractivity contribution in [1.29, 1.82) is 0 Å². The van der Waals surface area contributed by atoms with Crippen molar-refractivity contribution in [1.82, 2.24) is 10.3 Å². The lowest BCUT2D eigenvalue weighted by Crippen LogP contribution is -2.34. The number of pyridine rings is 1. The van der Waals surface area contributed by atoms with Crippen LogP contribution >= 0.6 is 0 Å². The summed E-state index contributed by atoms with van der Waals surface area (Å²) in [5, 5.41) is 2.70. The first-order valence-corrected chi connectivity index (χ1v) is 4.75. The molecular weight excluding hydrogens is 197 g/mol. The van der Waals surface area contributed by atoms with E-state index in [0.29, 0.717) is 13.0 Å². The summed E-state index contributed by atoms with van der Waals surface area (Å²) < 4.78 is 12.8. The first kappa shape index (κ1) is 11.6. The van der Waals surface area contributed by atoms with Gasteiger partial charge in [-0.25, -0.2) is 4.39 Å². The smallest absolute Gasteiger partial charge is 0.253 e. The number of nitrogens with zero attached hydrogens (tertiary/aromatic N) is 1. The van der Waals surface area contributed by atoms with Gasteiger partial charge in [0, 0.05) is 12.2 Å². The van der Waals surface area contributed by atoms with Crippen molar-refractivity contribution in [3.63, 3.8) is 0 Å². The second-order valence-electron chi connectivity index (χ2n) is 3.34. The Hall–Kier alpha value is -1.49. The summed E-state index contributed by atoms with van der Waals surface area (Å²) in [5.74, 6) is -0.850. The van der Waals surface area contributed by atoms with Crippen LogP contribution in [0.3, 0.4) is 0 Å². The average Bonchev–Trinajstić information content (AvgIpc) is 2.18. The summed E-state index contributed by atoms with van der Waals surface area (Å²) >= 11 is 0. The van der Waals surface area contributed by atoms with Crippen LogP contribution in [0.5, 0.6) is 0 Å². The third-order valence-electron chi connectivity index (χ3n) is 1.94. The van der Waals surface area contributed by atoms with Gasteiger partial charge in [0.05, 0.1) is 11.8 Å². The van der Waals surface area contributed by atoms with E-state index in [-0.39, 0.29) is 17.5 Å². The van der Waals surface area contributed by atoms with E-state index in [2.05, 4.69) is 10.3 Å². The zero-order valence-corrected chi connectivity index (χ0v) is 8.53. The second kappa shape index (κ2) is 5.41. The van der Waals surface area contributed by atoms with Gasteiger partial charge in [-0.1, -0.05) is 0 Å². The molecule has 1 heterocycles. The van der Waals surface area contributed by atoms with Gasteiger partial charge in [-0.05, 0) is 26.0 Å². The lowest BCUT2D eigenvalue weighted by molar-refractivity contribution is 0.0938. The van der Waals surface area contributed by atoms with Crippen LogP contribution in [-0.2, 0) is 0 Å². The summed E-state index contributed by atoms with van der Waals surface area (Å²) in [7, 11) is 0. The van der Waals surface area contributed by atoms with Crippen LogP contribution in [-0.4, -0.2) is 23.5 Å². The standard InChI is InChI=1S/C10H14FN3O/c1-7(2-3-12)14-10(15)8-4-9(11)6-13-5-8/h4-7H,2-3,12H2,1H3,(H,14,15).